The van der Waals surface area contributed by atoms with Crippen LogP contribution in [0, 0.1) is 5.92 Å². The summed E-state index contributed by atoms with van der Waals surface area (Å²) in [5, 5.41) is 13.0. The summed E-state index contributed by atoms with van der Waals surface area (Å²) in [5.41, 5.74) is 6.30. The van der Waals surface area contributed by atoms with E-state index in [0.29, 0.717) is 44.5 Å². The van der Waals surface area contributed by atoms with E-state index < -0.39 is 10.0 Å². The van der Waals surface area contributed by atoms with Crippen molar-refractivity contribution in [2.24, 2.45) is 11.7 Å². The Balaban J connectivity index is 1.80. The molecule has 3 rings (SSSR count). The fourth-order valence-electron chi connectivity index (χ4n) is 2.53. The molecule has 1 saturated heterocycles. The number of ether oxygens (including phenoxy) is 1. The first-order valence-corrected chi connectivity index (χ1v) is 10.3. The lowest BCUT2D eigenvalue weighted by atomic mass is 10.2. The molecule has 2 aromatic rings. The van der Waals surface area contributed by atoms with Crippen molar-refractivity contribution in [2.45, 2.75) is 4.90 Å². The van der Waals surface area contributed by atoms with Crippen molar-refractivity contribution >= 4 is 36.7 Å². The van der Waals surface area contributed by atoms with Gasteiger partial charge in [-0.1, -0.05) is 11.3 Å². The highest BCUT2D eigenvalue weighted by Gasteiger charge is 2.26. The van der Waals surface area contributed by atoms with Crippen molar-refractivity contribution < 1.29 is 18.3 Å². The molecule has 4 N–H and O–H groups in total. The van der Waals surface area contributed by atoms with Gasteiger partial charge in [0.1, 0.15) is 0 Å². The predicted molar refractivity (Wildman–Crippen MR) is 97.3 cm³/mol. The summed E-state index contributed by atoms with van der Waals surface area (Å²) in [5.74, 6) is -0.0377. The highest BCUT2D eigenvalue weighted by Crippen LogP contribution is 2.29. The maximum absolute atomic E-state index is 12.7. The molecule has 0 saturated carbocycles. The lowest BCUT2D eigenvalue weighted by Crippen LogP contribution is -2.40. The molecule has 0 spiro atoms. The van der Waals surface area contributed by atoms with Gasteiger partial charge in [-0.15, -0.1) is 0 Å². The van der Waals surface area contributed by atoms with E-state index in [9.17, 15) is 13.5 Å². The second-order valence-corrected chi connectivity index (χ2v) is 8.80. The SMILES string of the molecule is NCC(CO)CNc1nc2ccc(S(=O)(=O)N3CCOCC3)cc2s1. The molecule has 1 unspecified atom stereocenters. The molecule has 0 bridgehead atoms. The maximum Gasteiger partial charge on any atom is 0.243 e. The van der Waals surface area contributed by atoms with Gasteiger partial charge in [-0.3, -0.25) is 0 Å². The van der Waals surface area contributed by atoms with Crippen LogP contribution in [0.4, 0.5) is 5.13 Å². The Labute approximate surface area is 150 Å². The number of fused-ring (bicyclic) bond motifs is 1. The van der Waals surface area contributed by atoms with E-state index in [1.807, 2.05) is 0 Å². The molecule has 0 aliphatic carbocycles. The molecule has 1 aromatic carbocycles. The Morgan fingerprint density at radius 3 is 2.84 bits per heavy atom. The molecule has 0 radical (unpaired) electrons. The minimum absolute atomic E-state index is 0.0103. The zero-order valence-corrected chi connectivity index (χ0v) is 15.4. The number of rotatable bonds is 7. The average Bonchev–Trinajstić information content (AvgIpc) is 3.05. The monoisotopic (exact) mass is 386 g/mol. The number of morpholine rings is 1. The minimum atomic E-state index is -3.52. The highest BCUT2D eigenvalue weighted by atomic mass is 32.2. The number of aromatic nitrogens is 1. The average molecular weight is 386 g/mol. The fourth-order valence-corrected chi connectivity index (χ4v) is 4.95. The van der Waals surface area contributed by atoms with E-state index >= 15 is 0 Å². The predicted octanol–water partition coefficient (Wildman–Crippen LogP) is 0.296. The lowest BCUT2D eigenvalue weighted by molar-refractivity contribution is 0.0730. The molecule has 10 heteroatoms. The van der Waals surface area contributed by atoms with Crippen LogP contribution in [0.3, 0.4) is 0 Å². The van der Waals surface area contributed by atoms with Gasteiger partial charge in [0.15, 0.2) is 5.13 Å². The highest BCUT2D eigenvalue weighted by molar-refractivity contribution is 7.89. The molecule has 1 fully saturated rings. The molecule has 138 valence electrons. The summed E-state index contributed by atoms with van der Waals surface area (Å²) in [7, 11) is -3.52. The number of sulfonamides is 1. The summed E-state index contributed by atoms with van der Waals surface area (Å²) >= 11 is 1.38. The number of nitrogens with zero attached hydrogens (tertiary/aromatic N) is 2. The van der Waals surface area contributed by atoms with Gasteiger partial charge in [-0.05, 0) is 24.7 Å². The normalized spacial score (nSPS) is 17.7. The number of hydrogen-bond donors (Lipinski definition) is 3. The van der Waals surface area contributed by atoms with Crippen LogP contribution in [0.1, 0.15) is 0 Å². The maximum atomic E-state index is 12.7. The zero-order chi connectivity index (χ0) is 17.9. The van der Waals surface area contributed by atoms with Gasteiger partial charge in [-0.2, -0.15) is 4.31 Å². The summed E-state index contributed by atoms with van der Waals surface area (Å²) in [6.07, 6.45) is 0. The number of thiazole rings is 1. The third-order valence-electron chi connectivity index (χ3n) is 4.10. The third-order valence-corrected chi connectivity index (χ3v) is 6.97. The molecule has 25 heavy (non-hydrogen) atoms. The molecule has 8 nitrogen and oxygen atoms in total. The Bertz CT molecular complexity index is 814. The number of benzene rings is 1. The van der Waals surface area contributed by atoms with Crippen molar-refractivity contribution in [2.75, 3.05) is 51.3 Å². The van der Waals surface area contributed by atoms with Crippen LogP contribution < -0.4 is 11.1 Å². The standard InChI is InChI=1S/C15H22N4O4S2/c16-8-11(10-20)9-17-15-18-13-2-1-12(7-14(13)24-15)25(21,22)19-3-5-23-6-4-19/h1-2,7,11,20H,3-6,8-10,16H2,(H,17,18). The number of anilines is 1. The molecule has 1 aliphatic rings. The van der Waals surface area contributed by atoms with Crippen LogP contribution >= 0.6 is 11.3 Å². The number of nitrogens with one attached hydrogen (secondary N) is 1. The van der Waals surface area contributed by atoms with Gasteiger partial charge in [0, 0.05) is 32.2 Å². The first-order chi connectivity index (χ1) is 12.0. The molecule has 1 aromatic heterocycles. The topological polar surface area (TPSA) is 118 Å². The van der Waals surface area contributed by atoms with E-state index in [1.54, 1.807) is 18.2 Å². The molecule has 0 amide bonds. The molecule has 1 atom stereocenters. The smallest absolute Gasteiger partial charge is 0.243 e. The molecule has 1 aliphatic heterocycles. The van der Waals surface area contributed by atoms with E-state index in [0.717, 1.165) is 10.2 Å². The number of hydrogen-bond acceptors (Lipinski definition) is 8. The number of aliphatic hydroxyl groups is 1. The van der Waals surface area contributed by atoms with E-state index in [1.165, 1.54) is 15.6 Å². The molecular weight excluding hydrogens is 364 g/mol. The van der Waals surface area contributed by atoms with Gasteiger partial charge in [0.05, 0.1) is 28.3 Å². The van der Waals surface area contributed by atoms with Crippen molar-refractivity contribution in [1.29, 1.82) is 0 Å². The first-order valence-electron chi connectivity index (χ1n) is 8.08. The van der Waals surface area contributed by atoms with Gasteiger partial charge < -0.3 is 20.9 Å². The van der Waals surface area contributed by atoms with Gasteiger partial charge in [-0.25, -0.2) is 13.4 Å². The zero-order valence-electron chi connectivity index (χ0n) is 13.7. The second-order valence-electron chi connectivity index (χ2n) is 5.83. The molecule has 2 heterocycles. The van der Waals surface area contributed by atoms with Crippen molar-refractivity contribution in [3.05, 3.63) is 18.2 Å². The van der Waals surface area contributed by atoms with Gasteiger partial charge >= 0.3 is 0 Å². The number of nitrogens with two attached hydrogens (primary N) is 1. The summed E-state index contributed by atoms with van der Waals surface area (Å²) in [6, 6.07) is 4.97. The third kappa shape index (κ3) is 4.10. The molecular formula is C15H22N4O4S2. The summed E-state index contributed by atoms with van der Waals surface area (Å²) in [4.78, 5) is 4.72. The first kappa shape index (κ1) is 18.5. The lowest BCUT2D eigenvalue weighted by Gasteiger charge is -2.25. The minimum Gasteiger partial charge on any atom is -0.396 e. The van der Waals surface area contributed by atoms with E-state index in [4.69, 9.17) is 10.5 Å². The Morgan fingerprint density at radius 2 is 2.16 bits per heavy atom. The van der Waals surface area contributed by atoms with Crippen LogP contribution in [-0.4, -0.2) is 68.8 Å². The van der Waals surface area contributed by atoms with Crippen LogP contribution in [-0.2, 0) is 14.8 Å². The van der Waals surface area contributed by atoms with Crippen molar-refractivity contribution in [3.8, 4) is 0 Å². The Morgan fingerprint density at radius 1 is 1.40 bits per heavy atom. The summed E-state index contributed by atoms with van der Waals surface area (Å²) in [6.45, 7) is 2.50. The van der Waals surface area contributed by atoms with Crippen molar-refractivity contribution in [3.63, 3.8) is 0 Å². The second kappa shape index (κ2) is 7.94. The summed E-state index contributed by atoms with van der Waals surface area (Å²) < 4.78 is 32.9. The van der Waals surface area contributed by atoms with E-state index in [-0.39, 0.29) is 17.4 Å². The van der Waals surface area contributed by atoms with Gasteiger partial charge in [0.2, 0.25) is 10.0 Å². The van der Waals surface area contributed by atoms with Crippen LogP contribution in [0.15, 0.2) is 23.1 Å². The fraction of sp³-hybridized carbons (Fsp3) is 0.533. The number of aliphatic hydroxyl groups excluding tert-OH is 1. The van der Waals surface area contributed by atoms with Gasteiger partial charge in [0.25, 0.3) is 0 Å². The largest absolute Gasteiger partial charge is 0.396 e. The van der Waals surface area contributed by atoms with E-state index in [2.05, 4.69) is 10.3 Å². The quantitative estimate of drug-likeness (QED) is 0.626. The van der Waals surface area contributed by atoms with Crippen LogP contribution in [0.25, 0.3) is 10.2 Å². The van der Waals surface area contributed by atoms with Crippen LogP contribution in [0.2, 0.25) is 0 Å². The Kier molecular flexibility index (Phi) is 5.87. The van der Waals surface area contributed by atoms with Crippen molar-refractivity contribution in [1.82, 2.24) is 9.29 Å². The van der Waals surface area contributed by atoms with Crippen LogP contribution in [0.5, 0.6) is 0 Å². The Hall–Kier alpha value is -1.30.